The Kier molecular flexibility index (Phi) is 5.56. The third-order valence-corrected chi connectivity index (χ3v) is 5.63. The van der Waals surface area contributed by atoms with Gasteiger partial charge in [0.05, 0.1) is 21.5 Å². The van der Waals surface area contributed by atoms with E-state index in [0.717, 1.165) is 22.6 Å². The zero-order chi connectivity index (χ0) is 22.1. The quantitative estimate of drug-likeness (QED) is 0.380. The summed E-state index contributed by atoms with van der Waals surface area (Å²) in [6.45, 7) is 3.78. The largest absolute Gasteiger partial charge is 0.318 e. The Morgan fingerprint density at radius 3 is 2.23 bits per heavy atom. The van der Waals surface area contributed by atoms with E-state index < -0.39 is 14.9 Å². The first-order valence-electron chi connectivity index (χ1n) is 8.80. The summed E-state index contributed by atoms with van der Waals surface area (Å²) >= 11 is 0. The van der Waals surface area contributed by atoms with Crippen molar-refractivity contribution in [2.75, 3.05) is 0 Å². The molecule has 0 saturated heterocycles. The Balaban J connectivity index is 2.02. The molecular weight excluding hydrogens is 404 g/mol. The van der Waals surface area contributed by atoms with Gasteiger partial charge in [-0.05, 0) is 73.5 Å². The summed E-state index contributed by atoms with van der Waals surface area (Å²) in [5.41, 5.74) is 4.20. The Morgan fingerprint density at radius 2 is 1.73 bits per heavy atom. The van der Waals surface area contributed by atoms with E-state index in [1.54, 1.807) is 30.3 Å². The second-order valence-electron chi connectivity index (χ2n) is 6.67. The fourth-order valence-corrected chi connectivity index (χ4v) is 3.73. The molecule has 0 bridgehead atoms. The van der Waals surface area contributed by atoms with Crippen LogP contribution in [0.4, 0.5) is 5.69 Å². The van der Waals surface area contributed by atoms with Gasteiger partial charge in [0, 0.05) is 29.2 Å². The smallest absolute Gasteiger partial charge is 0.269 e. The number of nitrogens with two attached hydrogens (primary N) is 1. The SMILES string of the molecule is Cc1cc(/C=C(/C#N)c2ccc([N+](=O)[O-])cc2)c(C)n1-c1ccc(S(N)(=O)=O)cc1. The number of non-ortho nitro benzene ring substituents is 1. The molecule has 0 atom stereocenters. The highest BCUT2D eigenvalue weighted by Gasteiger charge is 2.13. The number of hydrogen-bond acceptors (Lipinski definition) is 5. The molecule has 1 aromatic heterocycles. The first-order chi connectivity index (χ1) is 14.1. The van der Waals surface area contributed by atoms with Gasteiger partial charge < -0.3 is 4.57 Å². The van der Waals surface area contributed by atoms with Crippen LogP contribution in [0.25, 0.3) is 17.3 Å². The second kappa shape index (κ2) is 7.94. The molecule has 0 unspecified atom stereocenters. The molecule has 8 nitrogen and oxygen atoms in total. The maximum Gasteiger partial charge on any atom is 0.269 e. The van der Waals surface area contributed by atoms with Crippen molar-refractivity contribution in [2.24, 2.45) is 5.14 Å². The Hall–Kier alpha value is -3.74. The molecule has 3 aromatic rings. The topological polar surface area (TPSA) is 132 Å². The molecule has 0 radical (unpaired) electrons. The molecule has 1 heterocycles. The van der Waals surface area contributed by atoms with E-state index in [1.807, 2.05) is 24.5 Å². The van der Waals surface area contributed by atoms with Crippen molar-refractivity contribution in [2.45, 2.75) is 18.7 Å². The summed E-state index contributed by atoms with van der Waals surface area (Å²) in [5, 5.41) is 25.6. The van der Waals surface area contributed by atoms with Crippen LogP contribution in [0.2, 0.25) is 0 Å². The van der Waals surface area contributed by atoms with Gasteiger partial charge in [-0.3, -0.25) is 10.1 Å². The van der Waals surface area contributed by atoms with Gasteiger partial charge in [0.15, 0.2) is 0 Å². The first kappa shape index (κ1) is 21.0. The minimum atomic E-state index is -3.77. The highest BCUT2D eigenvalue weighted by atomic mass is 32.2. The Morgan fingerprint density at radius 1 is 1.13 bits per heavy atom. The van der Waals surface area contributed by atoms with Crippen LogP contribution >= 0.6 is 0 Å². The lowest BCUT2D eigenvalue weighted by molar-refractivity contribution is -0.384. The molecule has 0 spiro atoms. The van der Waals surface area contributed by atoms with Crippen LogP contribution < -0.4 is 5.14 Å². The number of primary sulfonamides is 1. The van der Waals surface area contributed by atoms with E-state index in [4.69, 9.17) is 5.14 Å². The van der Waals surface area contributed by atoms with E-state index in [-0.39, 0.29) is 10.6 Å². The zero-order valence-electron chi connectivity index (χ0n) is 16.2. The van der Waals surface area contributed by atoms with Crippen molar-refractivity contribution in [1.29, 1.82) is 5.26 Å². The van der Waals surface area contributed by atoms with Gasteiger partial charge >= 0.3 is 0 Å². The van der Waals surface area contributed by atoms with Gasteiger partial charge in [-0.15, -0.1) is 0 Å². The van der Waals surface area contributed by atoms with Crippen LogP contribution in [-0.2, 0) is 10.0 Å². The number of benzene rings is 2. The number of rotatable bonds is 5. The molecule has 0 aliphatic carbocycles. The van der Waals surface area contributed by atoms with E-state index in [1.165, 1.54) is 24.3 Å². The lowest BCUT2D eigenvalue weighted by atomic mass is 10.0. The normalized spacial score (nSPS) is 11.9. The summed E-state index contributed by atoms with van der Waals surface area (Å²) in [5.74, 6) is 0. The first-order valence-corrected chi connectivity index (χ1v) is 10.4. The molecule has 30 heavy (non-hydrogen) atoms. The number of hydrogen-bond donors (Lipinski definition) is 1. The maximum atomic E-state index is 11.5. The van der Waals surface area contributed by atoms with E-state index in [2.05, 4.69) is 6.07 Å². The molecule has 0 saturated carbocycles. The Bertz CT molecular complexity index is 1300. The fourth-order valence-electron chi connectivity index (χ4n) is 3.21. The van der Waals surface area contributed by atoms with Crippen molar-refractivity contribution < 1.29 is 13.3 Å². The molecule has 0 amide bonds. The van der Waals surface area contributed by atoms with Crippen LogP contribution in [0, 0.1) is 35.3 Å². The number of nitrogens with zero attached hydrogens (tertiary/aromatic N) is 3. The molecule has 0 fully saturated rings. The molecule has 2 N–H and O–H groups in total. The number of aromatic nitrogens is 1. The minimum Gasteiger partial charge on any atom is -0.318 e. The fraction of sp³-hybridized carbons (Fsp3) is 0.0952. The van der Waals surface area contributed by atoms with Crippen LogP contribution in [0.15, 0.2) is 59.5 Å². The summed E-state index contributed by atoms with van der Waals surface area (Å²) in [6.07, 6.45) is 1.72. The van der Waals surface area contributed by atoms with Gasteiger partial charge in [0.1, 0.15) is 0 Å². The second-order valence-corrected chi connectivity index (χ2v) is 8.24. The van der Waals surface area contributed by atoms with Gasteiger partial charge in [0.25, 0.3) is 5.69 Å². The predicted molar refractivity (Wildman–Crippen MR) is 113 cm³/mol. The molecule has 152 valence electrons. The summed E-state index contributed by atoms with van der Waals surface area (Å²) in [7, 11) is -3.77. The van der Waals surface area contributed by atoms with Crippen molar-refractivity contribution in [3.63, 3.8) is 0 Å². The molecular formula is C21H18N4O4S. The maximum absolute atomic E-state index is 11.5. The number of nitro benzene ring substituents is 1. The van der Waals surface area contributed by atoms with Crippen molar-refractivity contribution in [3.05, 3.63) is 87.2 Å². The van der Waals surface area contributed by atoms with Gasteiger partial charge in [-0.25, -0.2) is 13.6 Å². The zero-order valence-corrected chi connectivity index (χ0v) is 17.1. The van der Waals surface area contributed by atoms with Crippen molar-refractivity contribution in [3.8, 4) is 11.8 Å². The van der Waals surface area contributed by atoms with Crippen LogP contribution in [-0.4, -0.2) is 17.9 Å². The third kappa shape index (κ3) is 4.15. The molecule has 2 aromatic carbocycles. The van der Waals surface area contributed by atoms with Crippen molar-refractivity contribution in [1.82, 2.24) is 4.57 Å². The molecule has 0 aliphatic heterocycles. The number of nitro groups is 1. The highest BCUT2D eigenvalue weighted by Crippen LogP contribution is 2.26. The van der Waals surface area contributed by atoms with Crippen LogP contribution in [0.3, 0.4) is 0 Å². The van der Waals surface area contributed by atoms with Gasteiger partial charge in [-0.1, -0.05) is 0 Å². The number of allylic oxidation sites excluding steroid dienone is 1. The van der Waals surface area contributed by atoms with E-state index >= 15 is 0 Å². The monoisotopic (exact) mass is 422 g/mol. The lowest BCUT2D eigenvalue weighted by Crippen LogP contribution is -2.12. The van der Waals surface area contributed by atoms with E-state index in [0.29, 0.717) is 11.1 Å². The lowest BCUT2D eigenvalue weighted by Gasteiger charge is -2.10. The molecule has 0 aliphatic rings. The average molecular weight is 422 g/mol. The van der Waals surface area contributed by atoms with Gasteiger partial charge in [-0.2, -0.15) is 5.26 Å². The van der Waals surface area contributed by atoms with Gasteiger partial charge in [0.2, 0.25) is 10.0 Å². The molecule has 3 rings (SSSR count). The third-order valence-electron chi connectivity index (χ3n) is 4.70. The minimum absolute atomic E-state index is 0.0266. The van der Waals surface area contributed by atoms with Crippen LogP contribution in [0.1, 0.15) is 22.5 Å². The van der Waals surface area contributed by atoms with Crippen molar-refractivity contribution >= 4 is 27.4 Å². The summed E-state index contributed by atoms with van der Waals surface area (Å²) in [6, 6.07) is 16.0. The average Bonchev–Trinajstić information content (AvgIpc) is 2.98. The van der Waals surface area contributed by atoms with Crippen LogP contribution in [0.5, 0.6) is 0 Å². The van der Waals surface area contributed by atoms with E-state index in [9.17, 15) is 23.8 Å². The number of nitriles is 1. The molecule has 9 heteroatoms. The highest BCUT2D eigenvalue weighted by molar-refractivity contribution is 7.89. The summed E-state index contributed by atoms with van der Waals surface area (Å²) in [4.78, 5) is 10.4. The summed E-state index contributed by atoms with van der Waals surface area (Å²) < 4.78 is 24.9. The Labute approximate surface area is 173 Å². The standard InChI is InChI=1S/C21H18N4O4S/c1-14-11-17(12-18(13-22)16-3-5-20(6-4-16)25(26)27)15(2)24(14)19-7-9-21(10-8-19)30(23,28)29/h3-12H,1-2H3,(H2,23,28,29)/b18-12-. The predicted octanol–water partition coefficient (Wildman–Crippen LogP) is 3.71. The number of sulfonamides is 1. The number of aryl methyl sites for hydroxylation is 1.